The highest BCUT2D eigenvalue weighted by atomic mass is 35.5. The van der Waals surface area contributed by atoms with E-state index < -0.39 is 10.0 Å². The molecule has 0 spiro atoms. The lowest BCUT2D eigenvalue weighted by Crippen LogP contribution is -2.51. The molecule has 1 amide bonds. The minimum atomic E-state index is -3.65. The summed E-state index contributed by atoms with van der Waals surface area (Å²) in [5, 5.41) is 0. The normalized spacial score (nSPS) is 18.1. The predicted octanol–water partition coefficient (Wildman–Crippen LogP) is 3.25. The van der Waals surface area contributed by atoms with E-state index in [1.165, 1.54) is 12.1 Å². The van der Waals surface area contributed by atoms with Gasteiger partial charge in [-0.05, 0) is 62.6 Å². The van der Waals surface area contributed by atoms with Crippen molar-refractivity contribution in [2.45, 2.75) is 43.2 Å². The maximum Gasteiger partial charge on any atom is 0.261 e. The van der Waals surface area contributed by atoms with Crippen LogP contribution in [0.25, 0.3) is 0 Å². The third kappa shape index (κ3) is 5.04. The molecule has 1 aliphatic heterocycles. The molecule has 2 aromatic carbocycles. The van der Waals surface area contributed by atoms with Crippen LogP contribution in [0.15, 0.2) is 59.5 Å². The van der Waals surface area contributed by atoms with Gasteiger partial charge in [0.15, 0.2) is 0 Å². The van der Waals surface area contributed by atoms with Gasteiger partial charge >= 0.3 is 0 Å². The summed E-state index contributed by atoms with van der Waals surface area (Å²) in [5.41, 5.74) is 7.00. The van der Waals surface area contributed by atoms with Crippen LogP contribution in [0.3, 0.4) is 0 Å². The number of nitrogens with one attached hydrogen (secondary N) is 1. The maximum absolute atomic E-state index is 12.9. The van der Waals surface area contributed by atoms with Gasteiger partial charge in [-0.15, -0.1) is 12.4 Å². The van der Waals surface area contributed by atoms with E-state index in [9.17, 15) is 13.2 Å². The zero-order chi connectivity index (χ0) is 19.4. The summed E-state index contributed by atoms with van der Waals surface area (Å²) in [6.07, 6.45) is 2.97. The van der Waals surface area contributed by atoms with Crippen LogP contribution < -0.4 is 10.5 Å². The Morgan fingerprint density at radius 3 is 2.36 bits per heavy atom. The smallest absolute Gasteiger partial charge is 0.261 e. The molecule has 1 heterocycles. The van der Waals surface area contributed by atoms with Crippen molar-refractivity contribution >= 4 is 34.0 Å². The number of piperidine rings is 1. The Kier molecular flexibility index (Phi) is 7.46. The van der Waals surface area contributed by atoms with E-state index >= 15 is 0 Å². The summed E-state index contributed by atoms with van der Waals surface area (Å²) in [5.74, 6) is -0.0607. The molecule has 28 heavy (non-hydrogen) atoms. The van der Waals surface area contributed by atoms with Crippen LogP contribution in [0.4, 0.5) is 5.69 Å². The second-order valence-corrected chi connectivity index (χ2v) is 8.60. The standard InChI is InChI=1S/C20H25N3O3S.ClH/c1-15(21)19-9-5-6-14-23(19)20(24)16-10-12-17(13-11-16)22-27(25,26)18-7-3-2-4-8-18;/h2-4,7-8,10-13,15,19,22H,5-6,9,14,21H2,1H3;1H. The van der Waals surface area contributed by atoms with E-state index in [2.05, 4.69) is 4.72 Å². The number of likely N-dealkylation sites (tertiary alicyclic amines) is 1. The summed E-state index contributed by atoms with van der Waals surface area (Å²) < 4.78 is 27.3. The molecule has 2 aromatic rings. The minimum Gasteiger partial charge on any atom is -0.334 e. The average Bonchev–Trinajstić information content (AvgIpc) is 2.68. The summed E-state index contributed by atoms with van der Waals surface area (Å²) in [6.45, 7) is 2.63. The molecule has 0 saturated carbocycles. The first kappa shape index (κ1) is 22.2. The number of anilines is 1. The number of carbonyl (C=O) groups is 1. The highest BCUT2D eigenvalue weighted by molar-refractivity contribution is 7.92. The zero-order valence-corrected chi connectivity index (χ0v) is 17.4. The van der Waals surface area contributed by atoms with E-state index in [0.29, 0.717) is 17.8 Å². The Hall–Kier alpha value is -2.09. The Morgan fingerprint density at radius 1 is 1.11 bits per heavy atom. The number of sulfonamides is 1. The van der Waals surface area contributed by atoms with E-state index in [1.807, 2.05) is 11.8 Å². The molecule has 0 aliphatic carbocycles. The van der Waals surface area contributed by atoms with Crippen LogP contribution in [0.2, 0.25) is 0 Å². The van der Waals surface area contributed by atoms with Crippen molar-refractivity contribution in [1.29, 1.82) is 0 Å². The second-order valence-electron chi connectivity index (χ2n) is 6.92. The summed E-state index contributed by atoms with van der Waals surface area (Å²) >= 11 is 0. The molecule has 3 N–H and O–H groups in total. The van der Waals surface area contributed by atoms with Crippen molar-refractivity contribution in [2.75, 3.05) is 11.3 Å². The first-order valence-corrected chi connectivity index (χ1v) is 10.6. The Bertz CT molecular complexity index is 887. The molecule has 1 saturated heterocycles. The lowest BCUT2D eigenvalue weighted by Gasteiger charge is -2.38. The lowest BCUT2D eigenvalue weighted by molar-refractivity contribution is 0.0584. The van der Waals surface area contributed by atoms with E-state index in [0.717, 1.165) is 19.3 Å². The number of carbonyl (C=O) groups excluding carboxylic acids is 1. The molecule has 1 fully saturated rings. The van der Waals surface area contributed by atoms with Gasteiger partial charge in [0.25, 0.3) is 15.9 Å². The second kappa shape index (κ2) is 9.41. The molecular formula is C20H26ClN3O3S. The van der Waals surface area contributed by atoms with Gasteiger partial charge in [-0.3, -0.25) is 9.52 Å². The molecule has 152 valence electrons. The largest absolute Gasteiger partial charge is 0.334 e. The average molecular weight is 424 g/mol. The monoisotopic (exact) mass is 423 g/mol. The van der Waals surface area contributed by atoms with Crippen molar-refractivity contribution in [3.05, 3.63) is 60.2 Å². The molecule has 2 atom stereocenters. The van der Waals surface area contributed by atoms with Crippen LogP contribution in [0.1, 0.15) is 36.5 Å². The van der Waals surface area contributed by atoms with Crippen molar-refractivity contribution in [2.24, 2.45) is 5.73 Å². The molecule has 0 bridgehead atoms. The van der Waals surface area contributed by atoms with Crippen molar-refractivity contribution in [3.63, 3.8) is 0 Å². The molecule has 3 rings (SSSR count). The van der Waals surface area contributed by atoms with Crippen LogP contribution in [0.5, 0.6) is 0 Å². The molecule has 8 heteroatoms. The van der Waals surface area contributed by atoms with Crippen molar-refractivity contribution in [3.8, 4) is 0 Å². The van der Waals surface area contributed by atoms with Gasteiger partial charge in [-0.2, -0.15) is 0 Å². The Balaban J connectivity index is 0.00000280. The van der Waals surface area contributed by atoms with Gasteiger partial charge in [0, 0.05) is 29.9 Å². The molecule has 2 unspecified atom stereocenters. The highest BCUT2D eigenvalue weighted by Crippen LogP contribution is 2.23. The van der Waals surface area contributed by atoms with E-state index in [-0.39, 0.29) is 35.3 Å². The molecule has 0 aromatic heterocycles. The SMILES string of the molecule is CC(N)C1CCCCN1C(=O)c1ccc(NS(=O)(=O)c2ccccc2)cc1.Cl. The van der Waals surface area contributed by atoms with Crippen LogP contribution in [-0.4, -0.2) is 37.9 Å². The topological polar surface area (TPSA) is 92.5 Å². The van der Waals surface area contributed by atoms with E-state index in [1.54, 1.807) is 42.5 Å². The number of halogens is 1. The van der Waals surface area contributed by atoms with Gasteiger partial charge in [0.1, 0.15) is 0 Å². The summed E-state index contributed by atoms with van der Waals surface area (Å²) in [7, 11) is -3.65. The van der Waals surface area contributed by atoms with E-state index in [4.69, 9.17) is 5.73 Å². The molecule has 6 nitrogen and oxygen atoms in total. The number of nitrogens with two attached hydrogens (primary N) is 1. The predicted molar refractivity (Wildman–Crippen MR) is 113 cm³/mol. The van der Waals surface area contributed by atoms with Gasteiger partial charge in [0.05, 0.1) is 4.90 Å². The number of nitrogens with zero attached hydrogens (tertiary/aromatic N) is 1. The molecular weight excluding hydrogens is 398 g/mol. The fraction of sp³-hybridized carbons (Fsp3) is 0.350. The first-order valence-electron chi connectivity index (χ1n) is 9.13. The fourth-order valence-corrected chi connectivity index (χ4v) is 4.50. The fourth-order valence-electron chi connectivity index (χ4n) is 3.42. The third-order valence-corrected chi connectivity index (χ3v) is 6.25. The summed E-state index contributed by atoms with van der Waals surface area (Å²) in [6, 6.07) is 14.7. The number of benzene rings is 2. The van der Waals surface area contributed by atoms with Crippen LogP contribution in [0, 0.1) is 0 Å². The molecule has 0 radical (unpaired) electrons. The summed E-state index contributed by atoms with van der Waals surface area (Å²) in [4.78, 5) is 14.9. The van der Waals surface area contributed by atoms with Crippen molar-refractivity contribution < 1.29 is 13.2 Å². The molecule has 1 aliphatic rings. The quantitative estimate of drug-likeness (QED) is 0.771. The third-order valence-electron chi connectivity index (χ3n) is 4.85. The number of hydrogen-bond donors (Lipinski definition) is 2. The highest BCUT2D eigenvalue weighted by Gasteiger charge is 2.29. The number of amides is 1. The van der Waals surface area contributed by atoms with Gasteiger partial charge in [-0.1, -0.05) is 18.2 Å². The van der Waals surface area contributed by atoms with Gasteiger partial charge in [-0.25, -0.2) is 8.42 Å². The first-order chi connectivity index (χ1) is 12.9. The zero-order valence-electron chi connectivity index (χ0n) is 15.7. The maximum atomic E-state index is 12.9. The Labute approximate surface area is 172 Å². The van der Waals surface area contributed by atoms with Crippen molar-refractivity contribution in [1.82, 2.24) is 4.90 Å². The lowest BCUT2D eigenvalue weighted by atomic mass is 9.96. The van der Waals surface area contributed by atoms with Gasteiger partial charge < -0.3 is 10.6 Å². The number of hydrogen-bond acceptors (Lipinski definition) is 4. The number of rotatable bonds is 5. The van der Waals surface area contributed by atoms with Gasteiger partial charge in [0.2, 0.25) is 0 Å². The van der Waals surface area contributed by atoms with Crippen LogP contribution >= 0.6 is 12.4 Å². The Morgan fingerprint density at radius 2 is 1.75 bits per heavy atom. The minimum absolute atomic E-state index is 0. The van der Waals surface area contributed by atoms with Crippen LogP contribution in [-0.2, 0) is 10.0 Å².